The fourth-order valence-electron chi connectivity index (χ4n) is 3.11. The lowest BCUT2D eigenvalue weighted by Gasteiger charge is -2.10. The highest BCUT2D eigenvalue weighted by Crippen LogP contribution is 2.24. The van der Waals surface area contributed by atoms with E-state index in [0.717, 1.165) is 4.57 Å². The highest BCUT2D eigenvalue weighted by molar-refractivity contribution is 6.06. The van der Waals surface area contributed by atoms with Crippen LogP contribution in [0.1, 0.15) is 10.4 Å². The number of methoxy groups -OCH3 is 1. The molecule has 0 aliphatic heterocycles. The Labute approximate surface area is 165 Å². The first kappa shape index (κ1) is 18.2. The highest BCUT2D eigenvalue weighted by Gasteiger charge is 2.13. The van der Waals surface area contributed by atoms with E-state index in [9.17, 15) is 14.4 Å². The molecule has 0 unspecified atom stereocenters. The quantitative estimate of drug-likeness (QED) is 0.563. The molecule has 29 heavy (non-hydrogen) atoms. The summed E-state index contributed by atoms with van der Waals surface area (Å²) in [6.07, 6.45) is 0. The van der Waals surface area contributed by atoms with Crippen LogP contribution in [0.15, 0.2) is 82.4 Å². The van der Waals surface area contributed by atoms with Crippen LogP contribution < -0.4 is 21.3 Å². The Balaban J connectivity index is 1.75. The molecule has 0 saturated heterocycles. The Morgan fingerprint density at radius 3 is 2.45 bits per heavy atom. The summed E-state index contributed by atoms with van der Waals surface area (Å²) in [5.41, 5.74) is 0.560. The number of ether oxygens (including phenoxy) is 1. The molecule has 7 nitrogen and oxygen atoms in total. The van der Waals surface area contributed by atoms with Gasteiger partial charge in [0.05, 0.1) is 29.4 Å². The highest BCUT2D eigenvalue weighted by atomic mass is 16.5. The minimum atomic E-state index is -0.573. The Morgan fingerprint density at radius 2 is 1.69 bits per heavy atom. The van der Waals surface area contributed by atoms with Crippen LogP contribution in [-0.4, -0.2) is 22.6 Å². The SMILES string of the molecule is COc1ccccc1NC(=O)c1ccc2c(=O)n(-c3ccccc3)c(=O)[nH]c2c1. The van der Waals surface area contributed by atoms with Crippen molar-refractivity contribution in [1.29, 1.82) is 0 Å². The predicted octanol–water partition coefficient (Wildman–Crippen LogP) is 2.94. The van der Waals surface area contributed by atoms with Crippen LogP contribution in [0.25, 0.3) is 16.6 Å². The van der Waals surface area contributed by atoms with Crippen LogP contribution in [-0.2, 0) is 0 Å². The van der Waals surface area contributed by atoms with E-state index < -0.39 is 11.2 Å². The number of para-hydroxylation sites is 3. The number of rotatable bonds is 4. The van der Waals surface area contributed by atoms with E-state index in [-0.39, 0.29) is 5.91 Å². The lowest BCUT2D eigenvalue weighted by atomic mass is 10.1. The third kappa shape index (κ3) is 3.41. The largest absolute Gasteiger partial charge is 0.495 e. The summed E-state index contributed by atoms with van der Waals surface area (Å²) in [7, 11) is 1.52. The van der Waals surface area contributed by atoms with Crippen LogP contribution in [0.3, 0.4) is 0 Å². The lowest BCUT2D eigenvalue weighted by molar-refractivity contribution is 0.102. The standard InChI is InChI=1S/C22H17N3O4/c1-29-19-10-6-5-9-17(19)23-20(26)14-11-12-16-18(13-14)24-22(28)25(21(16)27)15-7-3-2-4-8-15/h2-13H,1H3,(H,23,26)(H,24,28). The normalized spacial score (nSPS) is 10.7. The second-order valence-corrected chi connectivity index (χ2v) is 6.32. The van der Waals surface area contributed by atoms with E-state index in [0.29, 0.717) is 33.6 Å². The van der Waals surface area contributed by atoms with Gasteiger partial charge in [0.15, 0.2) is 0 Å². The van der Waals surface area contributed by atoms with Crippen molar-refractivity contribution >= 4 is 22.5 Å². The Bertz CT molecular complexity index is 1320. The smallest absolute Gasteiger partial charge is 0.333 e. The maximum Gasteiger partial charge on any atom is 0.333 e. The van der Waals surface area contributed by atoms with Gasteiger partial charge in [-0.1, -0.05) is 30.3 Å². The number of amides is 1. The number of nitrogens with one attached hydrogen (secondary N) is 2. The number of nitrogens with zero attached hydrogens (tertiary/aromatic N) is 1. The molecule has 0 radical (unpaired) electrons. The number of H-pyrrole nitrogens is 1. The van der Waals surface area contributed by atoms with E-state index in [1.165, 1.54) is 19.2 Å². The molecule has 3 aromatic carbocycles. The lowest BCUT2D eigenvalue weighted by Crippen LogP contribution is -2.33. The minimum Gasteiger partial charge on any atom is -0.495 e. The molecule has 4 rings (SSSR count). The Kier molecular flexibility index (Phi) is 4.70. The van der Waals surface area contributed by atoms with Gasteiger partial charge in [0.25, 0.3) is 11.5 Å². The molecule has 0 fully saturated rings. The van der Waals surface area contributed by atoms with Crippen LogP contribution in [0.5, 0.6) is 5.75 Å². The molecule has 1 heterocycles. The molecule has 0 aliphatic carbocycles. The third-order valence-corrected chi connectivity index (χ3v) is 4.53. The van der Waals surface area contributed by atoms with E-state index in [1.807, 2.05) is 0 Å². The Morgan fingerprint density at radius 1 is 0.966 bits per heavy atom. The van der Waals surface area contributed by atoms with Crippen molar-refractivity contribution in [3.05, 3.63) is 99.2 Å². The molecule has 0 atom stereocenters. The maximum absolute atomic E-state index is 12.8. The van der Waals surface area contributed by atoms with Crippen molar-refractivity contribution in [2.45, 2.75) is 0 Å². The summed E-state index contributed by atoms with van der Waals surface area (Å²) in [6.45, 7) is 0. The number of aromatic nitrogens is 2. The molecular weight excluding hydrogens is 370 g/mol. The molecule has 0 spiro atoms. The molecule has 4 aromatic rings. The number of fused-ring (bicyclic) bond motifs is 1. The average Bonchev–Trinajstić information content (AvgIpc) is 2.74. The number of anilines is 1. The van der Waals surface area contributed by atoms with E-state index in [4.69, 9.17) is 4.74 Å². The molecule has 0 aliphatic rings. The number of hydrogen-bond acceptors (Lipinski definition) is 4. The van der Waals surface area contributed by atoms with Crippen LogP contribution in [0.2, 0.25) is 0 Å². The van der Waals surface area contributed by atoms with Crippen molar-refractivity contribution in [2.75, 3.05) is 12.4 Å². The van der Waals surface area contributed by atoms with Crippen LogP contribution in [0, 0.1) is 0 Å². The number of aromatic amines is 1. The number of carbonyl (C=O) groups is 1. The minimum absolute atomic E-state index is 0.292. The summed E-state index contributed by atoms with van der Waals surface area (Å²) >= 11 is 0. The van der Waals surface area contributed by atoms with Gasteiger partial charge in [-0.3, -0.25) is 9.59 Å². The van der Waals surface area contributed by atoms with Gasteiger partial charge < -0.3 is 15.0 Å². The van der Waals surface area contributed by atoms with Crippen LogP contribution in [0.4, 0.5) is 5.69 Å². The number of hydrogen-bond donors (Lipinski definition) is 2. The summed E-state index contributed by atoms with van der Waals surface area (Å²) in [5.74, 6) is 0.144. The first-order valence-corrected chi connectivity index (χ1v) is 8.87. The second kappa shape index (κ2) is 7.47. The van der Waals surface area contributed by atoms with Crippen molar-refractivity contribution in [3.8, 4) is 11.4 Å². The molecule has 144 valence electrons. The fourth-order valence-corrected chi connectivity index (χ4v) is 3.11. The Hall–Kier alpha value is -4.13. The molecule has 1 amide bonds. The van der Waals surface area contributed by atoms with Crippen molar-refractivity contribution in [3.63, 3.8) is 0 Å². The monoisotopic (exact) mass is 387 g/mol. The summed E-state index contributed by atoms with van der Waals surface area (Å²) in [4.78, 5) is 40.7. The van der Waals surface area contributed by atoms with Gasteiger partial charge in [0, 0.05) is 5.56 Å². The van der Waals surface area contributed by atoms with Crippen molar-refractivity contribution in [1.82, 2.24) is 9.55 Å². The van der Waals surface area contributed by atoms with Gasteiger partial charge in [0.2, 0.25) is 0 Å². The zero-order chi connectivity index (χ0) is 20.4. The zero-order valence-corrected chi connectivity index (χ0v) is 15.5. The predicted molar refractivity (Wildman–Crippen MR) is 111 cm³/mol. The van der Waals surface area contributed by atoms with E-state index in [2.05, 4.69) is 10.3 Å². The molecule has 1 aromatic heterocycles. The molecule has 0 bridgehead atoms. The van der Waals surface area contributed by atoms with Gasteiger partial charge >= 0.3 is 5.69 Å². The summed E-state index contributed by atoms with van der Waals surface area (Å²) in [5, 5.41) is 3.08. The van der Waals surface area contributed by atoms with Crippen LogP contribution >= 0.6 is 0 Å². The van der Waals surface area contributed by atoms with Gasteiger partial charge in [-0.25, -0.2) is 9.36 Å². The maximum atomic E-state index is 12.8. The molecule has 7 heteroatoms. The van der Waals surface area contributed by atoms with Gasteiger partial charge in [-0.15, -0.1) is 0 Å². The average molecular weight is 387 g/mol. The summed E-state index contributed by atoms with van der Waals surface area (Å²) < 4.78 is 6.30. The van der Waals surface area contributed by atoms with Gasteiger partial charge in [-0.2, -0.15) is 0 Å². The summed E-state index contributed by atoms with van der Waals surface area (Å²) in [6, 6.07) is 20.2. The molecular formula is C22H17N3O4. The zero-order valence-electron chi connectivity index (χ0n) is 15.5. The van der Waals surface area contributed by atoms with Crippen molar-refractivity contribution < 1.29 is 9.53 Å². The second-order valence-electron chi connectivity index (χ2n) is 6.32. The molecule has 2 N–H and O–H groups in total. The number of benzene rings is 3. The number of carbonyl (C=O) groups excluding carboxylic acids is 1. The topological polar surface area (TPSA) is 93.2 Å². The van der Waals surface area contributed by atoms with Crippen molar-refractivity contribution in [2.24, 2.45) is 0 Å². The first-order valence-electron chi connectivity index (χ1n) is 8.87. The molecule has 0 saturated carbocycles. The van der Waals surface area contributed by atoms with E-state index >= 15 is 0 Å². The van der Waals surface area contributed by atoms with E-state index in [1.54, 1.807) is 60.7 Å². The van der Waals surface area contributed by atoms with Gasteiger partial charge in [0.1, 0.15) is 5.75 Å². The fraction of sp³-hybridized carbons (Fsp3) is 0.0455. The third-order valence-electron chi connectivity index (χ3n) is 4.53. The first-order chi connectivity index (χ1) is 14.1. The van der Waals surface area contributed by atoms with Gasteiger partial charge in [-0.05, 0) is 42.5 Å².